The molecular weight excluding hydrogens is 386 g/mol. The van der Waals surface area contributed by atoms with Crippen molar-refractivity contribution in [2.75, 3.05) is 39.4 Å². The van der Waals surface area contributed by atoms with Crippen molar-refractivity contribution in [3.8, 4) is 0 Å². The number of guanidine groups is 1. The molecule has 0 saturated carbocycles. The molecule has 0 spiro atoms. The van der Waals surface area contributed by atoms with E-state index in [0.29, 0.717) is 6.54 Å². The maximum atomic E-state index is 5.43. The molecule has 1 saturated heterocycles. The van der Waals surface area contributed by atoms with Crippen LogP contribution in [0.4, 0.5) is 0 Å². The third kappa shape index (κ3) is 6.80. The average Bonchev–Trinajstić information content (AvgIpc) is 3.26. The number of nitrogens with one attached hydrogen (secondary N) is 2. The topological polar surface area (TPSA) is 79.6 Å². The van der Waals surface area contributed by atoms with Crippen LogP contribution in [0.3, 0.4) is 0 Å². The molecule has 1 aliphatic rings. The molecule has 1 aliphatic heterocycles. The maximum Gasteiger partial charge on any atom is 0.191 e. The van der Waals surface area contributed by atoms with E-state index < -0.39 is 0 Å². The minimum atomic E-state index is 0.281. The summed E-state index contributed by atoms with van der Waals surface area (Å²) in [6, 6.07) is 4.67. The number of rotatable bonds is 8. The highest BCUT2D eigenvalue weighted by molar-refractivity contribution is 7.11. The number of aromatic nitrogens is 3. The van der Waals surface area contributed by atoms with Crippen LogP contribution in [-0.2, 0) is 24.8 Å². The van der Waals surface area contributed by atoms with E-state index in [0.717, 1.165) is 63.4 Å². The zero-order valence-corrected chi connectivity index (χ0v) is 18.8. The van der Waals surface area contributed by atoms with Crippen molar-refractivity contribution in [3.63, 3.8) is 0 Å². The molecule has 2 aromatic rings. The van der Waals surface area contributed by atoms with Gasteiger partial charge in [0.1, 0.15) is 12.4 Å². The molecular formula is C20H33N7OS. The van der Waals surface area contributed by atoms with Gasteiger partial charge in [-0.25, -0.2) is 4.99 Å². The highest BCUT2D eigenvalue weighted by Gasteiger charge is 2.12. The number of thiophene rings is 1. The third-order valence-corrected chi connectivity index (χ3v) is 6.10. The normalized spacial score (nSPS) is 16.8. The molecule has 0 aliphatic carbocycles. The third-order valence-electron chi connectivity index (χ3n) is 5.07. The lowest BCUT2D eigenvalue weighted by Crippen LogP contribution is -2.47. The standard InChI is InChI=1S/C20H33N7OS/c1-15(13-18-6-5-16(2)29-18)23-20(21-7-8-27-9-11-28-12-10-27)22-14-19-25-24-17(3)26(19)4/h5-6,15H,7-14H2,1-4H3,(H2,21,22,23). The number of morpholine rings is 1. The van der Waals surface area contributed by atoms with Crippen LogP contribution in [0.1, 0.15) is 28.3 Å². The van der Waals surface area contributed by atoms with Crippen molar-refractivity contribution in [2.24, 2.45) is 12.0 Å². The number of aliphatic imine (C=N–C) groups is 1. The van der Waals surface area contributed by atoms with Crippen LogP contribution in [0.25, 0.3) is 0 Å². The Morgan fingerprint density at radius 1 is 1.28 bits per heavy atom. The minimum absolute atomic E-state index is 0.281. The van der Waals surface area contributed by atoms with Gasteiger partial charge in [-0.1, -0.05) is 0 Å². The SMILES string of the molecule is Cc1ccc(CC(C)NC(=NCc2nnc(C)n2C)NCCN2CCOCC2)s1. The van der Waals surface area contributed by atoms with E-state index in [9.17, 15) is 0 Å². The van der Waals surface area contributed by atoms with Gasteiger partial charge in [0.25, 0.3) is 0 Å². The molecule has 2 aromatic heterocycles. The molecule has 1 fully saturated rings. The average molecular weight is 420 g/mol. The van der Waals surface area contributed by atoms with Crippen molar-refractivity contribution in [1.29, 1.82) is 0 Å². The first-order valence-electron chi connectivity index (χ1n) is 10.3. The summed E-state index contributed by atoms with van der Waals surface area (Å²) >= 11 is 1.85. The Labute approximate surface area is 177 Å². The zero-order chi connectivity index (χ0) is 20.6. The van der Waals surface area contributed by atoms with Crippen LogP contribution in [0.15, 0.2) is 17.1 Å². The summed E-state index contributed by atoms with van der Waals surface area (Å²) in [4.78, 5) is 9.92. The fraction of sp³-hybridized carbons (Fsp3) is 0.650. The quantitative estimate of drug-likeness (QED) is 0.499. The largest absolute Gasteiger partial charge is 0.379 e. The van der Waals surface area contributed by atoms with Crippen LogP contribution >= 0.6 is 11.3 Å². The fourth-order valence-corrected chi connectivity index (χ4v) is 4.25. The zero-order valence-electron chi connectivity index (χ0n) is 17.9. The van der Waals surface area contributed by atoms with E-state index in [1.54, 1.807) is 0 Å². The lowest BCUT2D eigenvalue weighted by molar-refractivity contribution is 0.0389. The van der Waals surface area contributed by atoms with Crippen LogP contribution in [0.2, 0.25) is 0 Å². The maximum absolute atomic E-state index is 5.43. The lowest BCUT2D eigenvalue weighted by Gasteiger charge is -2.27. The van der Waals surface area contributed by atoms with Gasteiger partial charge in [-0.15, -0.1) is 21.5 Å². The molecule has 0 radical (unpaired) electrons. The predicted octanol–water partition coefficient (Wildman–Crippen LogP) is 1.49. The van der Waals surface area contributed by atoms with Gasteiger partial charge in [-0.05, 0) is 32.9 Å². The summed E-state index contributed by atoms with van der Waals surface area (Å²) in [5.74, 6) is 2.57. The highest BCUT2D eigenvalue weighted by atomic mass is 32.1. The number of nitrogens with zero attached hydrogens (tertiary/aromatic N) is 5. The van der Waals surface area contributed by atoms with Crippen molar-refractivity contribution in [2.45, 2.75) is 39.8 Å². The molecule has 9 heteroatoms. The van der Waals surface area contributed by atoms with E-state index >= 15 is 0 Å². The smallest absolute Gasteiger partial charge is 0.191 e. The lowest BCUT2D eigenvalue weighted by atomic mass is 10.2. The monoisotopic (exact) mass is 419 g/mol. The van der Waals surface area contributed by atoms with Gasteiger partial charge >= 0.3 is 0 Å². The van der Waals surface area contributed by atoms with Crippen LogP contribution < -0.4 is 10.6 Å². The van der Waals surface area contributed by atoms with Crippen molar-refractivity contribution < 1.29 is 4.74 Å². The molecule has 160 valence electrons. The Kier molecular flexibility index (Phi) is 8.02. The van der Waals surface area contributed by atoms with E-state index in [2.05, 4.69) is 51.7 Å². The molecule has 1 unspecified atom stereocenters. The highest BCUT2D eigenvalue weighted by Crippen LogP contribution is 2.16. The van der Waals surface area contributed by atoms with Gasteiger partial charge in [0.2, 0.25) is 0 Å². The van der Waals surface area contributed by atoms with E-state index in [-0.39, 0.29) is 6.04 Å². The van der Waals surface area contributed by atoms with Crippen LogP contribution in [-0.4, -0.2) is 71.1 Å². The molecule has 2 N–H and O–H groups in total. The van der Waals surface area contributed by atoms with E-state index in [4.69, 9.17) is 9.73 Å². The number of hydrogen-bond donors (Lipinski definition) is 2. The number of hydrogen-bond acceptors (Lipinski definition) is 6. The fourth-order valence-electron chi connectivity index (χ4n) is 3.23. The predicted molar refractivity (Wildman–Crippen MR) is 117 cm³/mol. The molecule has 0 aromatic carbocycles. The second kappa shape index (κ2) is 10.7. The van der Waals surface area contributed by atoms with Gasteiger partial charge in [0, 0.05) is 55.4 Å². The molecule has 3 rings (SSSR count). The second-order valence-electron chi connectivity index (χ2n) is 7.53. The minimum Gasteiger partial charge on any atom is -0.379 e. The van der Waals surface area contributed by atoms with Crippen LogP contribution in [0.5, 0.6) is 0 Å². The van der Waals surface area contributed by atoms with Gasteiger partial charge in [-0.2, -0.15) is 0 Å². The van der Waals surface area contributed by atoms with Gasteiger partial charge in [-0.3, -0.25) is 4.90 Å². The summed E-state index contributed by atoms with van der Waals surface area (Å²) in [5.41, 5.74) is 0. The number of ether oxygens (including phenoxy) is 1. The molecule has 0 bridgehead atoms. The number of aryl methyl sites for hydroxylation is 2. The summed E-state index contributed by atoms with van der Waals surface area (Å²) < 4.78 is 7.41. The summed E-state index contributed by atoms with van der Waals surface area (Å²) in [6.07, 6.45) is 0.978. The molecule has 3 heterocycles. The van der Waals surface area contributed by atoms with Crippen LogP contribution in [0, 0.1) is 13.8 Å². The first-order chi connectivity index (χ1) is 14.0. The Morgan fingerprint density at radius 2 is 2.07 bits per heavy atom. The first kappa shape index (κ1) is 21.7. The van der Waals surface area contributed by atoms with Crippen molar-refractivity contribution in [1.82, 2.24) is 30.3 Å². The first-order valence-corrected chi connectivity index (χ1v) is 11.1. The Morgan fingerprint density at radius 3 is 2.72 bits per heavy atom. The molecule has 1 atom stereocenters. The summed E-state index contributed by atoms with van der Waals surface area (Å²) in [7, 11) is 1.97. The van der Waals surface area contributed by atoms with Gasteiger partial charge < -0.3 is 19.9 Å². The Balaban J connectivity index is 1.57. The summed E-state index contributed by atoms with van der Waals surface area (Å²) in [5, 5.41) is 15.4. The van der Waals surface area contributed by atoms with E-state index in [1.165, 1.54) is 9.75 Å². The van der Waals surface area contributed by atoms with Gasteiger partial charge in [0.05, 0.1) is 13.2 Å². The van der Waals surface area contributed by atoms with Gasteiger partial charge in [0.15, 0.2) is 11.8 Å². The molecule has 29 heavy (non-hydrogen) atoms. The Hall–Kier alpha value is -1.97. The van der Waals surface area contributed by atoms with E-state index in [1.807, 2.05) is 29.9 Å². The molecule has 0 amide bonds. The second-order valence-corrected chi connectivity index (χ2v) is 8.90. The van der Waals surface area contributed by atoms with Crippen molar-refractivity contribution >= 4 is 17.3 Å². The molecule has 8 nitrogen and oxygen atoms in total. The summed E-state index contributed by atoms with van der Waals surface area (Å²) in [6.45, 7) is 12.2. The Bertz CT molecular complexity index is 795. The van der Waals surface area contributed by atoms with Crippen molar-refractivity contribution in [3.05, 3.63) is 33.5 Å².